The Morgan fingerprint density at radius 1 is 1.20 bits per heavy atom. The molecule has 2 aromatic rings. The number of hydrogen-bond donors (Lipinski definition) is 1. The third-order valence-corrected chi connectivity index (χ3v) is 3.86. The van der Waals surface area contributed by atoms with Crippen LogP contribution in [0, 0.1) is 10.1 Å². The molecule has 0 amide bonds. The topological polar surface area (TPSA) is 55.2 Å². The highest BCUT2D eigenvalue weighted by atomic mass is 79.9. The lowest BCUT2D eigenvalue weighted by Gasteiger charge is -2.09. The minimum Gasteiger partial charge on any atom is -0.381 e. The molecule has 2 aromatic carbocycles. The molecule has 2 rings (SSSR count). The molecule has 0 aromatic heterocycles. The number of nitrogens with one attached hydrogen (secondary N) is 1. The third-order valence-electron chi connectivity index (χ3n) is 2.64. The van der Waals surface area contributed by atoms with Crippen LogP contribution in [0.1, 0.15) is 5.56 Å². The van der Waals surface area contributed by atoms with Gasteiger partial charge in [-0.2, -0.15) is 0 Å². The van der Waals surface area contributed by atoms with Crippen molar-refractivity contribution in [2.45, 2.75) is 6.54 Å². The second-order valence-corrected chi connectivity index (χ2v) is 5.71. The number of nitrogens with zero attached hydrogens (tertiary/aromatic N) is 1. The van der Waals surface area contributed by atoms with Crippen molar-refractivity contribution in [2.75, 3.05) is 5.32 Å². The number of anilines is 1. The first-order chi connectivity index (χ1) is 9.47. The van der Waals surface area contributed by atoms with Crippen molar-refractivity contribution >= 4 is 50.5 Å². The highest BCUT2D eigenvalue weighted by Gasteiger charge is 2.11. The van der Waals surface area contributed by atoms with Gasteiger partial charge in [-0.1, -0.05) is 29.3 Å². The molecule has 0 unspecified atom stereocenters. The van der Waals surface area contributed by atoms with E-state index < -0.39 is 4.92 Å². The summed E-state index contributed by atoms with van der Waals surface area (Å²) in [6, 6.07) is 10.0. The van der Waals surface area contributed by atoms with Crippen LogP contribution in [-0.4, -0.2) is 4.92 Å². The van der Waals surface area contributed by atoms with Gasteiger partial charge >= 0.3 is 0 Å². The number of benzene rings is 2. The molecule has 0 fully saturated rings. The van der Waals surface area contributed by atoms with Crippen molar-refractivity contribution in [3.05, 3.63) is 66.6 Å². The molecular weight excluding hydrogens is 367 g/mol. The summed E-state index contributed by atoms with van der Waals surface area (Å²) < 4.78 is 0.426. The van der Waals surface area contributed by atoms with Crippen molar-refractivity contribution < 1.29 is 4.92 Å². The minimum absolute atomic E-state index is 0.0278. The molecule has 0 aliphatic rings. The molecule has 0 atom stereocenters. The van der Waals surface area contributed by atoms with Crippen molar-refractivity contribution in [3.8, 4) is 0 Å². The van der Waals surface area contributed by atoms with E-state index in [2.05, 4.69) is 21.2 Å². The van der Waals surface area contributed by atoms with Gasteiger partial charge in [0, 0.05) is 28.3 Å². The molecule has 7 heteroatoms. The van der Waals surface area contributed by atoms with E-state index >= 15 is 0 Å². The minimum atomic E-state index is -0.441. The number of nitro groups is 1. The van der Waals surface area contributed by atoms with Gasteiger partial charge in [0.2, 0.25) is 0 Å². The molecule has 0 saturated heterocycles. The zero-order chi connectivity index (χ0) is 14.7. The monoisotopic (exact) mass is 374 g/mol. The summed E-state index contributed by atoms with van der Waals surface area (Å²) in [5.74, 6) is 0. The van der Waals surface area contributed by atoms with E-state index in [1.54, 1.807) is 24.3 Å². The number of nitro benzene ring substituents is 1. The van der Waals surface area contributed by atoms with Crippen molar-refractivity contribution in [1.29, 1.82) is 0 Å². The largest absolute Gasteiger partial charge is 0.381 e. The van der Waals surface area contributed by atoms with Gasteiger partial charge in [-0.3, -0.25) is 10.1 Å². The van der Waals surface area contributed by atoms with Crippen molar-refractivity contribution in [3.63, 3.8) is 0 Å². The van der Waals surface area contributed by atoms with E-state index in [1.165, 1.54) is 6.07 Å². The maximum Gasteiger partial charge on any atom is 0.283 e. The molecule has 20 heavy (non-hydrogen) atoms. The summed E-state index contributed by atoms with van der Waals surface area (Å²) in [6.45, 7) is 0.500. The quantitative estimate of drug-likeness (QED) is 0.584. The molecular formula is C13H9BrCl2N2O2. The van der Waals surface area contributed by atoms with Crippen LogP contribution in [0.25, 0.3) is 0 Å². The van der Waals surface area contributed by atoms with Gasteiger partial charge in [-0.05, 0) is 45.8 Å². The van der Waals surface area contributed by atoms with Gasteiger partial charge < -0.3 is 5.32 Å². The van der Waals surface area contributed by atoms with Crippen LogP contribution in [0.3, 0.4) is 0 Å². The zero-order valence-electron chi connectivity index (χ0n) is 10.1. The molecule has 4 nitrogen and oxygen atoms in total. The second kappa shape index (κ2) is 6.43. The Balaban J connectivity index is 2.11. The summed E-state index contributed by atoms with van der Waals surface area (Å²) in [6.07, 6.45) is 0. The highest BCUT2D eigenvalue weighted by molar-refractivity contribution is 9.10. The van der Waals surface area contributed by atoms with E-state index in [-0.39, 0.29) is 5.69 Å². The third kappa shape index (κ3) is 3.62. The van der Waals surface area contributed by atoms with Crippen LogP contribution in [0.4, 0.5) is 11.4 Å². The first-order valence-corrected chi connectivity index (χ1v) is 7.14. The van der Waals surface area contributed by atoms with Crippen LogP contribution < -0.4 is 5.32 Å². The maximum absolute atomic E-state index is 10.7. The first-order valence-electron chi connectivity index (χ1n) is 5.59. The molecule has 0 heterocycles. The Bertz CT molecular complexity index is 665. The Morgan fingerprint density at radius 3 is 2.55 bits per heavy atom. The average Bonchev–Trinajstić information content (AvgIpc) is 2.37. The summed E-state index contributed by atoms with van der Waals surface area (Å²) in [4.78, 5) is 10.3. The fraction of sp³-hybridized carbons (Fsp3) is 0.0769. The van der Waals surface area contributed by atoms with Gasteiger partial charge in [-0.25, -0.2) is 0 Å². The number of hydrogen-bond acceptors (Lipinski definition) is 3. The fourth-order valence-electron chi connectivity index (χ4n) is 1.63. The van der Waals surface area contributed by atoms with Gasteiger partial charge in [-0.15, -0.1) is 0 Å². The predicted molar refractivity (Wildman–Crippen MR) is 84.6 cm³/mol. The van der Waals surface area contributed by atoms with E-state index in [1.807, 2.05) is 6.07 Å². The Kier molecular flexibility index (Phi) is 4.86. The van der Waals surface area contributed by atoms with Crippen LogP contribution in [0.15, 0.2) is 40.9 Å². The SMILES string of the molecule is O=[N+]([O-])c1ccc(NCc2ccc(Cl)cc2Cl)cc1Br. The summed E-state index contributed by atoms with van der Waals surface area (Å²) in [7, 11) is 0. The summed E-state index contributed by atoms with van der Waals surface area (Å²) >= 11 is 15.1. The van der Waals surface area contributed by atoms with E-state index in [0.29, 0.717) is 21.1 Å². The van der Waals surface area contributed by atoms with E-state index in [9.17, 15) is 10.1 Å². The molecule has 0 saturated carbocycles. The Morgan fingerprint density at radius 2 is 1.95 bits per heavy atom. The molecule has 104 valence electrons. The Labute approximate surface area is 134 Å². The maximum atomic E-state index is 10.7. The molecule has 0 radical (unpaired) electrons. The van der Waals surface area contributed by atoms with Crippen molar-refractivity contribution in [2.24, 2.45) is 0 Å². The van der Waals surface area contributed by atoms with E-state index in [0.717, 1.165) is 11.3 Å². The van der Waals surface area contributed by atoms with Crippen LogP contribution in [0.2, 0.25) is 10.0 Å². The smallest absolute Gasteiger partial charge is 0.283 e. The van der Waals surface area contributed by atoms with Gasteiger partial charge in [0.05, 0.1) is 9.40 Å². The molecule has 0 aliphatic heterocycles. The first kappa shape index (κ1) is 15.1. The molecule has 0 aliphatic carbocycles. The van der Waals surface area contributed by atoms with Crippen LogP contribution >= 0.6 is 39.1 Å². The highest BCUT2D eigenvalue weighted by Crippen LogP contribution is 2.28. The zero-order valence-corrected chi connectivity index (χ0v) is 13.2. The fourth-order valence-corrected chi connectivity index (χ4v) is 2.63. The Hall–Kier alpha value is -1.30. The molecule has 0 bridgehead atoms. The average molecular weight is 376 g/mol. The van der Waals surface area contributed by atoms with E-state index in [4.69, 9.17) is 23.2 Å². The molecule has 0 spiro atoms. The molecule has 1 N–H and O–H groups in total. The number of rotatable bonds is 4. The normalized spacial score (nSPS) is 10.3. The lowest BCUT2D eigenvalue weighted by atomic mass is 10.2. The standard InChI is InChI=1S/C13H9BrCl2N2O2/c14-11-6-10(3-4-13(11)18(19)20)17-7-8-1-2-9(15)5-12(8)16/h1-6,17H,7H2. The lowest BCUT2D eigenvalue weighted by molar-refractivity contribution is -0.385. The predicted octanol–water partition coefficient (Wildman–Crippen LogP) is 5.28. The summed E-state index contributed by atoms with van der Waals surface area (Å²) in [5.41, 5.74) is 1.68. The number of halogens is 3. The van der Waals surface area contributed by atoms with Gasteiger partial charge in [0.1, 0.15) is 0 Å². The summed E-state index contributed by atoms with van der Waals surface area (Å²) in [5, 5.41) is 15.0. The van der Waals surface area contributed by atoms with Gasteiger partial charge in [0.15, 0.2) is 0 Å². The second-order valence-electron chi connectivity index (χ2n) is 4.01. The lowest BCUT2D eigenvalue weighted by Crippen LogP contribution is -2.00. The van der Waals surface area contributed by atoms with Crippen LogP contribution in [-0.2, 0) is 6.54 Å². The van der Waals surface area contributed by atoms with Crippen molar-refractivity contribution in [1.82, 2.24) is 0 Å². The van der Waals surface area contributed by atoms with Crippen LogP contribution in [0.5, 0.6) is 0 Å². The van der Waals surface area contributed by atoms with Gasteiger partial charge in [0.25, 0.3) is 5.69 Å².